The first-order valence-electron chi connectivity index (χ1n) is 5.44. The van der Waals surface area contributed by atoms with Crippen molar-refractivity contribution in [3.8, 4) is 0 Å². The number of aliphatic carboxylic acids is 1. The minimum absolute atomic E-state index is 0.0498. The van der Waals surface area contributed by atoms with Crippen molar-refractivity contribution in [3.05, 3.63) is 0 Å². The second-order valence-corrected chi connectivity index (χ2v) is 3.81. The maximum atomic E-state index is 11.3. The Hall–Kier alpha value is -1.63. The number of carbonyl (C=O) groups excluding carboxylic acids is 2. The van der Waals surface area contributed by atoms with Crippen LogP contribution in [0.25, 0.3) is 0 Å². The number of carbonyl (C=O) groups is 3. The van der Waals surface area contributed by atoms with Gasteiger partial charge in [-0.2, -0.15) is 0 Å². The van der Waals surface area contributed by atoms with Crippen LogP contribution in [0.4, 0.5) is 0 Å². The lowest BCUT2D eigenvalue weighted by Gasteiger charge is -2.13. The van der Waals surface area contributed by atoms with E-state index in [0.29, 0.717) is 19.5 Å². The van der Waals surface area contributed by atoms with Crippen molar-refractivity contribution in [1.82, 2.24) is 10.2 Å². The van der Waals surface area contributed by atoms with Crippen LogP contribution >= 0.6 is 0 Å². The summed E-state index contributed by atoms with van der Waals surface area (Å²) < 4.78 is 4.55. The molecule has 1 aliphatic rings. The predicted molar refractivity (Wildman–Crippen MR) is 57.3 cm³/mol. The number of amides is 1. The molecule has 0 aromatic heterocycles. The molecule has 0 spiro atoms. The number of hydrogen-bond donors (Lipinski definition) is 2. The van der Waals surface area contributed by atoms with E-state index in [1.807, 2.05) is 0 Å². The van der Waals surface area contributed by atoms with Gasteiger partial charge in [-0.15, -0.1) is 0 Å². The summed E-state index contributed by atoms with van der Waals surface area (Å²) in [4.78, 5) is 34.5. The molecule has 2 N–H and O–H groups in total. The summed E-state index contributed by atoms with van der Waals surface area (Å²) in [6.07, 6.45) is 0.637. The van der Waals surface area contributed by atoms with Gasteiger partial charge in [0.15, 0.2) is 0 Å². The first-order chi connectivity index (χ1) is 8.02. The Morgan fingerprint density at radius 1 is 1.47 bits per heavy atom. The van der Waals surface area contributed by atoms with Crippen LogP contribution in [0, 0.1) is 0 Å². The summed E-state index contributed by atoms with van der Waals surface area (Å²) in [6, 6.07) is -0.189. The smallest absolute Gasteiger partial charge is 0.396 e. The standard InChI is InChI=1S/C10H16N2O5/c1-2-17-10(16)9(15)11-7-3-4-12(5-7)6-8(13)14/h7H,2-6H2,1H3,(H,11,15)(H,13,14)/t7-/m0/s1. The molecule has 1 heterocycles. The highest BCUT2D eigenvalue weighted by atomic mass is 16.5. The van der Waals surface area contributed by atoms with Gasteiger partial charge < -0.3 is 15.2 Å². The third-order valence-electron chi connectivity index (χ3n) is 2.43. The summed E-state index contributed by atoms with van der Waals surface area (Å²) in [5, 5.41) is 11.1. The van der Waals surface area contributed by atoms with Gasteiger partial charge in [-0.3, -0.25) is 14.5 Å². The van der Waals surface area contributed by atoms with E-state index in [0.717, 1.165) is 0 Å². The summed E-state index contributed by atoms with van der Waals surface area (Å²) in [7, 11) is 0. The molecule has 0 aromatic carbocycles. The Morgan fingerprint density at radius 2 is 2.18 bits per heavy atom. The molecule has 1 amide bonds. The fourth-order valence-corrected chi connectivity index (χ4v) is 1.73. The van der Waals surface area contributed by atoms with E-state index in [4.69, 9.17) is 5.11 Å². The highest BCUT2D eigenvalue weighted by Gasteiger charge is 2.27. The number of nitrogens with one attached hydrogen (secondary N) is 1. The fourth-order valence-electron chi connectivity index (χ4n) is 1.73. The number of likely N-dealkylation sites (tertiary alicyclic amines) is 1. The summed E-state index contributed by atoms with van der Waals surface area (Å²) in [6.45, 7) is 2.76. The molecular formula is C10H16N2O5. The van der Waals surface area contributed by atoms with Crippen molar-refractivity contribution in [2.24, 2.45) is 0 Å². The van der Waals surface area contributed by atoms with E-state index >= 15 is 0 Å². The summed E-state index contributed by atoms with van der Waals surface area (Å²) in [5.41, 5.74) is 0. The van der Waals surface area contributed by atoms with Crippen LogP contribution in [-0.2, 0) is 19.1 Å². The van der Waals surface area contributed by atoms with Gasteiger partial charge in [0.05, 0.1) is 13.2 Å². The zero-order chi connectivity index (χ0) is 12.8. The lowest BCUT2D eigenvalue weighted by Crippen LogP contribution is -2.42. The van der Waals surface area contributed by atoms with Crippen LogP contribution < -0.4 is 5.32 Å². The van der Waals surface area contributed by atoms with E-state index in [-0.39, 0.29) is 19.2 Å². The number of rotatable bonds is 4. The van der Waals surface area contributed by atoms with Crippen LogP contribution in [0.1, 0.15) is 13.3 Å². The van der Waals surface area contributed by atoms with Gasteiger partial charge in [-0.25, -0.2) is 4.79 Å². The monoisotopic (exact) mass is 244 g/mol. The number of hydrogen-bond acceptors (Lipinski definition) is 5. The maximum absolute atomic E-state index is 11.3. The average Bonchev–Trinajstić information content (AvgIpc) is 2.64. The van der Waals surface area contributed by atoms with Crippen molar-refractivity contribution in [3.63, 3.8) is 0 Å². The Bertz CT molecular complexity index is 318. The molecule has 0 aromatic rings. The van der Waals surface area contributed by atoms with Gasteiger partial charge in [0.2, 0.25) is 0 Å². The molecule has 1 fully saturated rings. The van der Waals surface area contributed by atoms with E-state index in [9.17, 15) is 14.4 Å². The van der Waals surface area contributed by atoms with Crippen molar-refractivity contribution in [2.45, 2.75) is 19.4 Å². The van der Waals surface area contributed by atoms with Gasteiger partial charge >= 0.3 is 17.8 Å². The molecule has 0 aliphatic carbocycles. The highest BCUT2D eigenvalue weighted by molar-refractivity contribution is 6.32. The fraction of sp³-hybridized carbons (Fsp3) is 0.700. The SMILES string of the molecule is CCOC(=O)C(=O)N[C@H]1CCN(CC(=O)O)C1. The largest absolute Gasteiger partial charge is 0.480 e. The van der Waals surface area contributed by atoms with Gasteiger partial charge in [-0.1, -0.05) is 0 Å². The quantitative estimate of drug-likeness (QED) is 0.477. The van der Waals surface area contributed by atoms with Crippen LogP contribution in [-0.4, -0.2) is 60.1 Å². The molecule has 0 unspecified atom stereocenters. The van der Waals surface area contributed by atoms with E-state index < -0.39 is 17.8 Å². The lowest BCUT2D eigenvalue weighted by molar-refractivity contribution is -0.154. The van der Waals surface area contributed by atoms with Crippen LogP contribution in [0.15, 0.2) is 0 Å². The average molecular weight is 244 g/mol. The van der Waals surface area contributed by atoms with Gasteiger partial charge in [-0.05, 0) is 13.3 Å². The number of carboxylic acid groups (broad SMARTS) is 1. The zero-order valence-electron chi connectivity index (χ0n) is 9.64. The molecule has 0 bridgehead atoms. The molecule has 1 aliphatic heterocycles. The number of ether oxygens (including phenoxy) is 1. The molecule has 7 heteroatoms. The first-order valence-corrected chi connectivity index (χ1v) is 5.44. The van der Waals surface area contributed by atoms with Crippen LogP contribution in [0.3, 0.4) is 0 Å². The Balaban J connectivity index is 2.32. The first kappa shape index (κ1) is 13.4. The predicted octanol–water partition coefficient (Wildman–Crippen LogP) is -1.18. The third-order valence-corrected chi connectivity index (χ3v) is 2.43. The number of nitrogens with zero attached hydrogens (tertiary/aromatic N) is 1. The van der Waals surface area contributed by atoms with Crippen molar-refractivity contribution in [2.75, 3.05) is 26.2 Å². The van der Waals surface area contributed by atoms with Crippen LogP contribution in [0.2, 0.25) is 0 Å². The van der Waals surface area contributed by atoms with E-state index in [2.05, 4.69) is 10.1 Å². The summed E-state index contributed by atoms with van der Waals surface area (Å²) >= 11 is 0. The minimum Gasteiger partial charge on any atom is -0.480 e. The Morgan fingerprint density at radius 3 is 2.76 bits per heavy atom. The molecule has 17 heavy (non-hydrogen) atoms. The molecule has 1 saturated heterocycles. The van der Waals surface area contributed by atoms with Crippen LogP contribution in [0.5, 0.6) is 0 Å². The van der Waals surface area contributed by atoms with E-state index in [1.165, 1.54) is 0 Å². The normalized spacial score (nSPS) is 19.9. The van der Waals surface area contributed by atoms with Gasteiger partial charge in [0.1, 0.15) is 0 Å². The highest BCUT2D eigenvalue weighted by Crippen LogP contribution is 2.08. The van der Waals surface area contributed by atoms with Gasteiger partial charge in [0.25, 0.3) is 0 Å². The van der Waals surface area contributed by atoms with Gasteiger partial charge in [0, 0.05) is 19.1 Å². The van der Waals surface area contributed by atoms with Crippen molar-refractivity contribution >= 4 is 17.8 Å². The Labute approximate surface area is 98.7 Å². The van der Waals surface area contributed by atoms with Crippen molar-refractivity contribution in [1.29, 1.82) is 0 Å². The zero-order valence-corrected chi connectivity index (χ0v) is 9.64. The molecule has 0 saturated carbocycles. The molecular weight excluding hydrogens is 228 g/mol. The summed E-state index contributed by atoms with van der Waals surface area (Å²) in [5.74, 6) is -2.57. The number of carboxylic acids is 1. The molecule has 1 atom stereocenters. The number of esters is 1. The minimum atomic E-state index is -0.901. The Kier molecular flexibility index (Phi) is 4.89. The molecule has 0 radical (unpaired) electrons. The molecule has 1 rings (SSSR count). The molecule has 96 valence electrons. The molecule has 7 nitrogen and oxygen atoms in total. The second kappa shape index (κ2) is 6.19. The third kappa shape index (κ3) is 4.39. The van der Waals surface area contributed by atoms with E-state index in [1.54, 1.807) is 11.8 Å². The maximum Gasteiger partial charge on any atom is 0.396 e. The second-order valence-electron chi connectivity index (χ2n) is 3.81. The van der Waals surface area contributed by atoms with Crippen molar-refractivity contribution < 1.29 is 24.2 Å². The topological polar surface area (TPSA) is 95.9 Å². The lowest BCUT2D eigenvalue weighted by atomic mass is 10.2.